The molecule has 0 saturated carbocycles. The molecule has 0 radical (unpaired) electrons. The normalized spacial score (nSPS) is 20.7. The van der Waals surface area contributed by atoms with E-state index in [4.69, 9.17) is 11.6 Å². The number of nitrogens with one attached hydrogen (secondary N) is 2. The van der Waals surface area contributed by atoms with Crippen LogP contribution in [0, 0.1) is 5.82 Å². The molecule has 1 atom stereocenters. The third-order valence-corrected chi connectivity index (χ3v) is 4.34. The summed E-state index contributed by atoms with van der Waals surface area (Å²) in [7, 11) is -3.85. The van der Waals surface area contributed by atoms with Gasteiger partial charge in [-0.25, -0.2) is 17.5 Å². The molecule has 1 aromatic carbocycles. The molecule has 1 aliphatic rings. The van der Waals surface area contributed by atoms with Gasteiger partial charge in [0.2, 0.25) is 10.0 Å². The Morgan fingerprint density at radius 2 is 2.24 bits per heavy atom. The monoisotopic (exact) mass is 278 g/mol. The highest BCUT2D eigenvalue weighted by molar-refractivity contribution is 7.89. The molecular formula is C10H12ClFN2O2S. The van der Waals surface area contributed by atoms with Crippen molar-refractivity contribution < 1.29 is 12.8 Å². The molecule has 1 aliphatic heterocycles. The van der Waals surface area contributed by atoms with Crippen molar-refractivity contribution in [1.82, 2.24) is 10.0 Å². The summed E-state index contributed by atoms with van der Waals surface area (Å²) in [6.45, 7) is 1.31. The van der Waals surface area contributed by atoms with Crippen LogP contribution in [-0.4, -0.2) is 27.5 Å². The number of rotatable bonds is 3. The minimum Gasteiger partial charge on any atom is -0.315 e. The average molecular weight is 279 g/mol. The molecule has 2 N–H and O–H groups in total. The molecule has 1 heterocycles. The fraction of sp³-hybridized carbons (Fsp3) is 0.400. The van der Waals surface area contributed by atoms with Crippen LogP contribution in [0.3, 0.4) is 0 Å². The SMILES string of the molecule is O=S(=O)(NC1CCNC1)c1cc(Cl)ccc1F. The van der Waals surface area contributed by atoms with E-state index in [9.17, 15) is 12.8 Å². The summed E-state index contributed by atoms with van der Waals surface area (Å²) in [6, 6.07) is 3.27. The quantitative estimate of drug-likeness (QED) is 0.871. The summed E-state index contributed by atoms with van der Waals surface area (Å²) in [5.41, 5.74) is 0. The molecule has 2 rings (SSSR count). The van der Waals surface area contributed by atoms with Gasteiger partial charge in [0.25, 0.3) is 0 Å². The minimum absolute atomic E-state index is 0.191. The molecule has 1 aromatic rings. The van der Waals surface area contributed by atoms with E-state index >= 15 is 0 Å². The van der Waals surface area contributed by atoms with Gasteiger partial charge in [-0.3, -0.25) is 0 Å². The standard InChI is InChI=1S/C10H12ClFN2O2S/c11-7-1-2-9(12)10(5-7)17(15,16)14-8-3-4-13-6-8/h1-2,5,8,13-14H,3-4,6H2. The van der Waals surface area contributed by atoms with E-state index < -0.39 is 20.7 Å². The number of hydrogen-bond donors (Lipinski definition) is 2. The first-order chi connectivity index (χ1) is 7.99. The van der Waals surface area contributed by atoms with Gasteiger partial charge in [0.15, 0.2) is 0 Å². The molecule has 4 nitrogen and oxygen atoms in total. The molecular weight excluding hydrogens is 267 g/mol. The Morgan fingerprint density at radius 1 is 1.47 bits per heavy atom. The van der Waals surface area contributed by atoms with E-state index in [2.05, 4.69) is 10.0 Å². The Bertz CT molecular complexity index is 515. The summed E-state index contributed by atoms with van der Waals surface area (Å²) >= 11 is 5.67. The number of hydrogen-bond acceptors (Lipinski definition) is 3. The molecule has 0 aromatic heterocycles. The maximum atomic E-state index is 13.4. The van der Waals surface area contributed by atoms with Crippen molar-refractivity contribution in [1.29, 1.82) is 0 Å². The highest BCUT2D eigenvalue weighted by Crippen LogP contribution is 2.20. The lowest BCUT2D eigenvalue weighted by Crippen LogP contribution is -2.36. The molecule has 0 bridgehead atoms. The molecule has 17 heavy (non-hydrogen) atoms. The molecule has 0 amide bonds. The van der Waals surface area contributed by atoms with Gasteiger partial charge in [0, 0.05) is 17.6 Å². The maximum Gasteiger partial charge on any atom is 0.243 e. The van der Waals surface area contributed by atoms with Gasteiger partial charge in [-0.2, -0.15) is 0 Å². The lowest BCUT2D eigenvalue weighted by atomic mass is 10.3. The van der Waals surface area contributed by atoms with Crippen LogP contribution in [0.5, 0.6) is 0 Å². The second-order valence-corrected chi connectivity index (χ2v) is 6.00. The molecule has 7 heteroatoms. The summed E-state index contributed by atoms with van der Waals surface area (Å²) < 4.78 is 39.7. The Morgan fingerprint density at radius 3 is 2.88 bits per heavy atom. The third-order valence-electron chi connectivity index (χ3n) is 2.56. The van der Waals surface area contributed by atoms with Crippen LogP contribution in [0.4, 0.5) is 4.39 Å². The van der Waals surface area contributed by atoms with Crippen LogP contribution < -0.4 is 10.0 Å². The topological polar surface area (TPSA) is 58.2 Å². The van der Waals surface area contributed by atoms with Crippen molar-refractivity contribution in [3.63, 3.8) is 0 Å². The van der Waals surface area contributed by atoms with E-state index in [1.165, 1.54) is 6.07 Å². The second-order valence-electron chi connectivity index (χ2n) is 3.89. The largest absolute Gasteiger partial charge is 0.315 e. The van der Waals surface area contributed by atoms with Crippen molar-refractivity contribution in [3.8, 4) is 0 Å². The molecule has 0 aliphatic carbocycles. The number of benzene rings is 1. The first kappa shape index (κ1) is 12.8. The average Bonchev–Trinajstić information content (AvgIpc) is 2.73. The lowest BCUT2D eigenvalue weighted by Gasteiger charge is -2.12. The van der Waals surface area contributed by atoms with Gasteiger partial charge in [-0.15, -0.1) is 0 Å². The van der Waals surface area contributed by atoms with Gasteiger partial charge in [-0.1, -0.05) is 11.6 Å². The molecule has 1 saturated heterocycles. The van der Waals surface area contributed by atoms with Crippen molar-refractivity contribution >= 4 is 21.6 Å². The number of sulfonamides is 1. The van der Waals surface area contributed by atoms with Gasteiger partial charge < -0.3 is 5.32 Å². The first-order valence-electron chi connectivity index (χ1n) is 5.17. The molecule has 1 fully saturated rings. The predicted molar refractivity (Wildman–Crippen MR) is 63.0 cm³/mol. The molecule has 94 valence electrons. The smallest absolute Gasteiger partial charge is 0.243 e. The van der Waals surface area contributed by atoms with Gasteiger partial charge >= 0.3 is 0 Å². The highest BCUT2D eigenvalue weighted by atomic mass is 35.5. The zero-order valence-corrected chi connectivity index (χ0v) is 10.5. The van der Waals surface area contributed by atoms with Crippen LogP contribution in [0.2, 0.25) is 5.02 Å². The maximum absolute atomic E-state index is 13.4. The first-order valence-corrected chi connectivity index (χ1v) is 7.03. The minimum atomic E-state index is -3.85. The van der Waals surface area contributed by atoms with Crippen LogP contribution in [0.15, 0.2) is 23.1 Å². The summed E-state index contributed by atoms with van der Waals surface area (Å²) in [5, 5.41) is 3.22. The van der Waals surface area contributed by atoms with Crippen molar-refractivity contribution in [2.24, 2.45) is 0 Å². The zero-order valence-electron chi connectivity index (χ0n) is 8.91. The fourth-order valence-corrected chi connectivity index (χ4v) is 3.33. The zero-order chi connectivity index (χ0) is 12.5. The van der Waals surface area contributed by atoms with Gasteiger partial charge in [0.05, 0.1) is 0 Å². The second kappa shape index (κ2) is 4.89. The summed E-state index contributed by atoms with van der Waals surface area (Å²) in [4.78, 5) is -0.406. The van der Waals surface area contributed by atoms with Crippen molar-refractivity contribution in [3.05, 3.63) is 29.0 Å². The van der Waals surface area contributed by atoms with E-state index in [1.807, 2.05) is 0 Å². The highest BCUT2D eigenvalue weighted by Gasteiger charge is 2.25. The van der Waals surface area contributed by atoms with Gasteiger partial charge in [0.1, 0.15) is 10.7 Å². The Labute approximate surface area is 104 Å². The van der Waals surface area contributed by atoms with E-state index in [0.29, 0.717) is 13.0 Å². The third kappa shape index (κ3) is 2.95. The van der Waals surface area contributed by atoms with E-state index in [1.54, 1.807) is 0 Å². The van der Waals surface area contributed by atoms with Gasteiger partial charge in [-0.05, 0) is 31.2 Å². The predicted octanol–water partition coefficient (Wildman–Crippen LogP) is 1.12. The van der Waals surface area contributed by atoms with Crippen LogP contribution in [0.1, 0.15) is 6.42 Å². The fourth-order valence-electron chi connectivity index (χ4n) is 1.72. The summed E-state index contributed by atoms with van der Waals surface area (Å²) in [5.74, 6) is -0.798. The molecule has 1 unspecified atom stereocenters. The van der Waals surface area contributed by atoms with Crippen molar-refractivity contribution in [2.75, 3.05) is 13.1 Å². The lowest BCUT2D eigenvalue weighted by molar-refractivity contribution is 0.542. The Kier molecular flexibility index (Phi) is 3.67. The number of halogens is 2. The van der Waals surface area contributed by atoms with Crippen LogP contribution in [0.25, 0.3) is 0 Å². The Hall–Kier alpha value is -0.690. The van der Waals surface area contributed by atoms with E-state index in [-0.39, 0.29) is 11.1 Å². The van der Waals surface area contributed by atoms with Crippen molar-refractivity contribution in [2.45, 2.75) is 17.4 Å². The van der Waals surface area contributed by atoms with Crippen LogP contribution >= 0.6 is 11.6 Å². The molecule has 0 spiro atoms. The van der Waals surface area contributed by atoms with E-state index in [0.717, 1.165) is 18.7 Å². The van der Waals surface area contributed by atoms with Crippen LogP contribution in [-0.2, 0) is 10.0 Å². The summed E-state index contributed by atoms with van der Waals surface area (Å²) in [6.07, 6.45) is 0.696. The Balaban J connectivity index is 2.27.